The molecule has 1 aromatic rings. The van der Waals surface area contributed by atoms with E-state index in [4.69, 9.17) is 0 Å². The molecule has 0 saturated carbocycles. The smallest absolute Gasteiger partial charge is 0.244 e. The number of aryl methyl sites for hydroxylation is 1. The number of hydrogen-bond donors (Lipinski definition) is 1. The number of benzene rings is 1. The fourth-order valence-electron chi connectivity index (χ4n) is 2.50. The lowest BCUT2D eigenvalue weighted by molar-refractivity contribution is -0.118. The van der Waals surface area contributed by atoms with Crippen molar-refractivity contribution in [1.29, 1.82) is 0 Å². The Morgan fingerprint density at radius 2 is 2.11 bits per heavy atom. The molecule has 98 valence electrons. The molecule has 1 fully saturated rings. The topological polar surface area (TPSA) is 32.3 Å². The van der Waals surface area contributed by atoms with Gasteiger partial charge in [-0.2, -0.15) is 0 Å². The molecule has 0 bridgehead atoms. The van der Waals surface area contributed by atoms with Crippen molar-refractivity contribution in [3.05, 3.63) is 29.8 Å². The van der Waals surface area contributed by atoms with Crippen LogP contribution in [0.4, 0.5) is 5.69 Å². The third-order valence-corrected chi connectivity index (χ3v) is 3.51. The average Bonchev–Trinajstić information content (AvgIpc) is 2.77. The van der Waals surface area contributed by atoms with E-state index in [0.717, 1.165) is 38.0 Å². The van der Waals surface area contributed by atoms with Crippen LogP contribution in [-0.4, -0.2) is 25.0 Å². The lowest BCUT2D eigenvalue weighted by atomic mass is 10.1. The molecule has 1 aliphatic heterocycles. The molecule has 1 aliphatic rings. The molecular weight excluding hydrogens is 224 g/mol. The Morgan fingerprint density at radius 1 is 1.33 bits per heavy atom. The Kier molecular flexibility index (Phi) is 4.37. The minimum absolute atomic E-state index is 0.00913. The number of hydrogen-bond acceptors (Lipinski definition) is 2. The molecule has 0 aliphatic carbocycles. The number of nitrogens with one attached hydrogen (secondary N) is 1. The lowest BCUT2D eigenvalue weighted by Crippen LogP contribution is -2.38. The molecule has 1 N–H and O–H groups in total. The van der Waals surface area contributed by atoms with Crippen molar-refractivity contribution in [3.63, 3.8) is 0 Å². The van der Waals surface area contributed by atoms with Gasteiger partial charge in [0, 0.05) is 12.2 Å². The van der Waals surface area contributed by atoms with E-state index in [1.54, 1.807) is 0 Å². The summed E-state index contributed by atoms with van der Waals surface area (Å²) in [5, 5.41) is 3.33. The minimum atomic E-state index is 0.00913. The maximum absolute atomic E-state index is 12.3. The molecule has 3 nitrogen and oxygen atoms in total. The van der Waals surface area contributed by atoms with Gasteiger partial charge in [-0.05, 0) is 37.4 Å². The molecule has 1 atom stereocenters. The molecule has 18 heavy (non-hydrogen) atoms. The van der Waals surface area contributed by atoms with Crippen LogP contribution in [0.2, 0.25) is 0 Å². The summed E-state index contributed by atoms with van der Waals surface area (Å²) in [6.07, 6.45) is 2.94. The number of nitrogens with zero attached hydrogens (tertiary/aromatic N) is 1. The fraction of sp³-hybridized carbons (Fsp3) is 0.533. The summed E-state index contributed by atoms with van der Waals surface area (Å²) in [7, 11) is 0. The van der Waals surface area contributed by atoms with E-state index < -0.39 is 0 Å². The van der Waals surface area contributed by atoms with E-state index in [2.05, 4.69) is 31.3 Å². The summed E-state index contributed by atoms with van der Waals surface area (Å²) in [5.74, 6) is 0.226. The second kappa shape index (κ2) is 6.01. The Morgan fingerprint density at radius 3 is 2.83 bits per heavy atom. The van der Waals surface area contributed by atoms with Gasteiger partial charge in [0.05, 0.1) is 6.04 Å². The molecule has 0 aromatic heterocycles. The first-order valence-electron chi connectivity index (χ1n) is 6.90. The highest BCUT2D eigenvalue weighted by Crippen LogP contribution is 2.25. The highest BCUT2D eigenvalue weighted by atomic mass is 16.2. The summed E-state index contributed by atoms with van der Waals surface area (Å²) < 4.78 is 0. The largest absolute Gasteiger partial charge is 0.311 e. The minimum Gasteiger partial charge on any atom is -0.311 e. The molecular formula is C15H22N2O. The maximum Gasteiger partial charge on any atom is 0.244 e. The van der Waals surface area contributed by atoms with Crippen LogP contribution in [0.5, 0.6) is 0 Å². The molecule has 1 amide bonds. The first-order valence-corrected chi connectivity index (χ1v) is 6.90. The van der Waals surface area contributed by atoms with Crippen molar-refractivity contribution in [2.75, 3.05) is 18.0 Å². The number of anilines is 1. The van der Waals surface area contributed by atoms with Gasteiger partial charge in [0.2, 0.25) is 5.91 Å². The lowest BCUT2D eigenvalue weighted by Gasteiger charge is -2.20. The Balaban J connectivity index is 2.13. The van der Waals surface area contributed by atoms with E-state index >= 15 is 0 Å². The number of rotatable bonds is 5. The molecule has 1 aromatic carbocycles. The van der Waals surface area contributed by atoms with Crippen LogP contribution in [-0.2, 0) is 11.2 Å². The quantitative estimate of drug-likeness (QED) is 0.865. The Hall–Kier alpha value is -1.35. The normalized spacial score (nSPS) is 19.6. The number of carbonyl (C=O) groups excluding carboxylic acids is 1. The Labute approximate surface area is 109 Å². The summed E-state index contributed by atoms with van der Waals surface area (Å²) in [5.41, 5.74) is 2.34. The first-order chi connectivity index (χ1) is 8.77. The van der Waals surface area contributed by atoms with Gasteiger partial charge in [-0.15, -0.1) is 0 Å². The third-order valence-electron chi connectivity index (χ3n) is 3.51. The molecule has 0 radical (unpaired) electrons. The maximum atomic E-state index is 12.3. The fourth-order valence-corrected chi connectivity index (χ4v) is 2.50. The van der Waals surface area contributed by atoms with Crippen molar-refractivity contribution in [1.82, 2.24) is 5.32 Å². The van der Waals surface area contributed by atoms with E-state index in [0.29, 0.717) is 0 Å². The van der Waals surface area contributed by atoms with Gasteiger partial charge in [-0.3, -0.25) is 4.79 Å². The van der Waals surface area contributed by atoms with Crippen molar-refractivity contribution < 1.29 is 4.79 Å². The van der Waals surface area contributed by atoms with Crippen LogP contribution in [0, 0.1) is 0 Å². The summed E-state index contributed by atoms with van der Waals surface area (Å²) in [4.78, 5) is 14.3. The molecule has 1 saturated heterocycles. The van der Waals surface area contributed by atoms with Crippen LogP contribution in [0.15, 0.2) is 24.3 Å². The Bertz CT molecular complexity index is 417. The van der Waals surface area contributed by atoms with E-state index in [1.165, 1.54) is 5.56 Å². The second-order valence-corrected chi connectivity index (χ2v) is 4.77. The number of amides is 1. The number of carbonyl (C=O) groups is 1. The highest BCUT2D eigenvalue weighted by Gasteiger charge is 2.32. The van der Waals surface area contributed by atoms with Crippen molar-refractivity contribution >= 4 is 11.6 Å². The van der Waals surface area contributed by atoms with Crippen molar-refractivity contribution in [2.45, 2.75) is 39.2 Å². The molecule has 1 heterocycles. The van der Waals surface area contributed by atoms with Gasteiger partial charge < -0.3 is 10.2 Å². The van der Waals surface area contributed by atoms with Gasteiger partial charge >= 0.3 is 0 Å². The van der Waals surface area contributed by atoms with Crippen molar-refractivity contribution in [2.24, 2.45) is 0 Å². The van der Waals surface area contributed by atoms with Gasteiger partial charge in [0.15, 0.2) is 0 Å². The van der Waals surface area contributed by atoms with Crippen molar-refractivity contribution in [3.8, 4) is 0 Å². The standard InChI is InChI=1S/C15H22N2O/c1-3-10-16-13-9-11-17(15(13)18)14-8-6-5-7-12(14)4-2/h5-8,13,16H,3-4,9-11H2,1-2H3. The van der Waals surface area contributed by atoms with Gasteiger partial charge in [-0.25, -0.2) is 0 Å². The second-order valence-electron chi connectivity index (χ2n) is 4.77. The monoisotopic (exact) mass is 246 g/mol. The molecule has 1 unspecified atom stereocenters. The predicted molar refractivity (Wildman–Crippen MR) is 74.9 cm³/mol. The van der Waals surface area contributed by atoms with Crippen LogP contribution in [0.3, 0.4) is 0 Å². The van der Waals surface area contributed by atoms with E-state index in [-0.39, 0.29) is 11.9 Å². The SMILES string of the molecule is CCCNC1CCN(c2ccccc2CC)C1=O. The van der Waals surface area contributed by atoms with Gasteiger partial charge in [-0.1, -0.05) is 32.0 Å². The average molecular weight is 246 g/mol. The molecule has 2 rings (SSSR count). The number of para-hydroxylation sites is 1. The highest BCUT2D eigenvalue weighted by molar-refractivity contribution is 6.00. The molecule has 0 spiro atoms. The zero-order valence-electron chi connectivity index (χ0n) is 11.3. The zero-order valence-corrected chi connectivity index (χ0v) is 11.3. The van der Waals surface area contributed by atoms with Gasteiger partial charge in [0.25, 0.3) is 0 Å². The van der Waals surface area contributed by atoms with Crippen LogP contribution in [0.25, 0.3) is 0 Å². The summed E-state index contributed by atoms with van der Waals surface area (Å²) in [6, 6.07) is 8.22. The third kappa shape index (κ3) is 2.56. The molecule has 3 heteroatoms. The van der Waals surface area contributed by atoms with E-state index in [9.17, 15) is 4.79 Å². The summed E-state index contributed by atoms with van der Waals surface area (Å²) >= 11 is 0. The van der Waals surface area contributed by atoms with Crippen LogP contribution in [0.1, 0.15) is 32.3 Å². The zero-order chi connectivity index (χ0) is 13.0. The first kappa shape index (κ1) is 13.1. The van der Waals surface area contributed by atoms with Gasteiger partial charge in [0.1, 0.15) is 0 Å². The van der Waals surface area contributed by atoms with Crippen LogP contribution >= 0.6 is 0 Å². The van der Waals surface area contributed by atoms with Crippen LogP contribution < -0.4 is 10.2 Å². The predicted octanol–water partition coefficient (Wildman–Crippen LogP) is 2.35. The summed E-state index contributed by atoms with van der Waals surface area (Å²) in [6.45, 7) is 6.00. The van der Waals surface area contributed by atoms with E-state index in [1.807, 2.05) is 17.0 Å².